The molecule has 3 rings (SSSR count). The first-order chi connectivity index (χ1) is 12.4. The van der Waals surface area contributed by atoms with Gasteiger partial charge in [0.1, 0.15) is 0 Å². The molecule has 0 spiro atoms. The Balaban J connectivity index is 1.41. The molecule has 2 aromatic rings. The normalized spacial score (nSPS) is 13.3. The number of rotatable bonds is 6. The van der Waals surface area contributed by atoms with Gasteiger partial charge >= 0.3 is 6.03 Å². The van der Waals surface area contributed by atoms with Gasteiger partial charge in [-0.15, -0.1) is 0 Å². The SMILES string of the molecule is CS(=O)(=O)c1ccc(NC(=O)NCCCN2CCc3ccccc32)cc1. The van der Waals surface area contributed by atoms with Gasteiger partial charge in [-0.1, -0.05) is 18.2 Å². The minimum absolute atomic E-state index is 0.231. The van der Waals surface area contributed by atoms with E-state index in [0.717, 1.165) is 32.2 Å². The van der Waals surface area contributed by atoms with Crippen molar-refractivity contribution in [1.82, 2.24) is 5.32 Å². The van der Waals surface area contributed by atoms with Crippen molar-refractivity contribution in [1.29, 1.82) is 0 Å². The highest BCUT2D eigenvalue weighted by Gasteiger charge is 2.17. The molecule has 0 bridgehead atoms. The highest BCUT2D eigenvalue weighted by Crippen LogP contribution is 2.27. The fourth-order valence-corrected chi connectivity index (χ4v) is 3.70. The van der Waals surface area contributed by atoms with E-state index in [1.165, 1.54) is 23.4 Å². The topological polar surface area (TPSA) is 78.5 Å². The van der Waals surface area contributed by atoms with Crippen LogP contribution >= 0.6 is 0 Å². The van der Waals surface area contributed by atoms with Crippen molar-refractivity contribution < 1.29 is 13.2 Å². The van der Waals surface area contributed by atoms with E-state index in [1.807, 2.05) is 0 Å². The summed E-state index contributed by atoms with van der Waals surface area (Å²) in [7, 11) is -3.23. The van der Waals surface area contributed by atoms with Crippen molar-refractivity contribution in [2.45, 2.75) is 17.7 Å². The summed E-state index contributed by atoms with van der Waals surface area (Å²) in [6.45, 7) is 2.50. The van der Waals surface area contributed by atoms with Gasteiger partial charge in [-0.05, 0) is 48.7 Å². The number of nitrogens with one attached hydrogen (secondary N) is 2. The molecule has 0 aromatic heterocycles. The Bertz CT molecular complexity index is 879. The van der Waals surface area contributed by atoms with Crippen molar-refractivity contribution in [2.75, 3.05) is 36.1 Å². The van der Waals surface area contributed by atoms with Gasteiger partial charge in [0.25, 0.3) is 0 Å². The van der Waals surface area contributed by atoms with Crippen LogP contribution in [0.3, 0.4) is 0 Å². The predicted molar refractivity (Wildman–Crippen MR) is 104 cm³/mol. The maximum absolute atomic E-state index is 11.9. The second kappa shape index (κ2) is 7.78. The van der Waals surface area contributed by atoms with Crippen LogP contribution in [0.25, 0.3) is 0 Å². The largest absolute Gasteiger partial charge is 0.371 e. The number of hydrogen-bond acceptors (Lipinski definition) is 4. The number of para-hydroxylation sites is 1. The number of benzene rings is 2. The smallest absolute Gasteiger partial charge is 0.319 e. The molecule has 0 saturated carbocycles. The molecule has 0 atom stereocenters. The lowest BCUT2D eigenvalue weighted by Crippen LogP contribution is -2.32. The van der Waals surface area contributed by atoms with Crippen molar-refractivity contribution in [2.24, 2.45) is 0 Å². The van der Waals surface area contributed by atoms with Crippen LogP contribution in [0.15, 0.2) is 53.4 Å². The van der Waals surface area contributed by atoms with Gasteiger partial charge in [-0.3, -0.25) is 0 Å². The number of anilines is 2. The Morgan fingerprint density at radius 3 is 2.58 bits per heavy atom. The lowest BCUT2D eigenvalue weighted by molar-refractivity contribution is 0.252. The average Bonchev–Trinajstić information content (AvgIpc) is 3.02. The number of nitrogens with zero attached hydrogens (tertiary/aromatic N) is 1. The van der Waals surface area contributed by atoms with E-state index in [1.54, 1.807) is 12.1 Å². The van der Waals surface area contributed by atoms with Gasteiger partial charge in [0, 0.05) is 37.3 Å². The molecule has 1 aliphatic rings. The predicted octanol–water partition coefficient (Wildman–Crippen LogP) is 2.66. The zero-order valence-electron chi connectivity index (χ0n) is 14.7. The summed E-state index contributed by atoms with van der Waals surface area (Å²) in [5.74, 6) is 0. The number of fused-ring (bicyclic) bond motifs is 1. The van der Waals surface area contributed by atoms with Gasteiger partial charge in [-0.25, -0.2) is 13.2 Å². The number of amides is 2. The molecule has 0 saturated heterocycles. The molecule has 2 N–H and O–H groups in total. The van der Waals surface area contributed by atoms with Gasteiger partial charge in [0.15, 0.2) is 9.84 Å². The molecule has 0 fully saturated rings. The standard InChI is InChI=1S/C19H23N3O3S/c1-26(24,25)17-9-7-16(8-10-17)21-19(23)20-12-4-13-22-14-11-15-5-2-3-6-18(15)22/h2-3,5-10H,4,11-14H2,1H3,(H2,20,21,23). The van der Waals surface area contributed by atoms with Crippen LogP contribution in [0.2, 0.25) is 0 Å². The molecule has 26 heavy (non-hydrogen) atoms. The van der Waals surface area contributed by atoms with Crippen LogP contribution in [0.4, 0.5) is 16.2 Å². The molecule has 1 aliphatic heterocycles. The van der Waals surface area contributed by atoms with E-state index in [2.05, 4.69) is 39.8 Å². The van der Waals surface area contributed by atoms with E-state index >= 15 is 0 Å². The Morgan fingerprint density at radius 1 is 1.12 bits per heavy atom. The number of carbonyl (C=O) groups is 1. The summed E-state index contributed by atoms with van der Waals surface area (Å²) < 4.78 is 22.8. The Labute approximate surface area is 154 Å². The van der Waals surface area contributed by atoms with E-state index in [4.69, 9.17) is 0 Å². The number of hydrogen-bond donors (Lipinski definition) is 2. The molecule has 2 aromatic carbocycles. The molecule has 0 aliphatic carbocycles. The van der Waals surface area contributed by atoms with Crippen LogP contribution in [-0.4, -0.2) is 40.3 Å². The summed E-state index contributed by atoms with van der Waals surface area (Å²) >= 11 is 0. The van der Waals surface area contributed by atoms with Gasteiger partial charge in [-0.2, -0.15) is 0 Å². The van der Waals surface area contributed by atoms with Gasteiger partial charge in [0.05, 0.1) is 4.90 Å². The summed E-state index contributed by atoms with van der Waals surface area (Å²) in [6.07, 6.45) is 3.09. The van der Waals surface area contributed by atoms with Crippen LogP contribution in [-0.2, 0) is 16.3 Å². The molecule has 7 heteroatoms. The second-order valence-corrected chi connectivity index (χ2v) is 8.41. The highest BCUT2D eigenvalue weighted by molar-refractivity contribution is 7.90. The van der Waals surface area contributed by atoms with Crippen LogP contribution in [0.1, 0.15) is 12.0 Å². The summed E-state index contributed by atoms with van der Waals surface area (Å²) in [6, 6.07) is 14.3. The lowest BCUT2D eigenvalue weighted by Gasteiger charge is -2.19. The molecule has 1 heterocycles. The average molecular weight is 373 g/mol. The van der Waals surface area contributed by atoms with Crippen molar-refractivity contribution in [3.05, 3.63) is 54.1 Å². The number of urea groups is 1. The number of sulfone groups is 1. The molecular weight excluding hydrogens is 350 g/mol. The first-order valence-corrected chi connectivity index (χ1v) is 10.5. The Hall–Kier alpha value is -2.54. The monoisotopic (exact) mass is 373 g/mol. The first kappa shape index (κ1) is 18.3. The third kappa shape index (κ3) is 4.54. The molecule has 0 radical (unpaired) electrons. The van der Waals surface area contributed by atoms with Gasteiger partial charge in [0.2, 0.25) is 0 Å². The van der Waals surface area contributed by atoms with E-state index < -0.39 is 9.84 Å². The minimum atomic E-state index is -3.23. The van der Waals surface area contributed by atoms with Crippen molar-refractivity contribution >= 4 is 27.2 Å². The van der Waals surface area contributed by atoms with Crippen LogP contribution in [0, 0.1) is 0 Å². The fourth-order valence-electron chi connectivity index (χ4n) is 3.07. The third-order valence-corrected chi connectivity index (χ3v) is 5.54. The molecule has 6 nitrogen and oxygen atoms in total. The van der Waals surface area contributed by atoms with E-state index in [-0.39, 0.29) is 10.9 Å². The summed E-state index contributed by atoms with van der Waals surface area (Å²) in [4.78, 5) is 14.5. The minimum Gasteiger partial charge on any atom is -0.371 e. The third-order valence-electron chi connectivity index (χ3n) is 4.41. The Morgan fingerprint density at radius 2 is 1.85 bits per heavy atom. The highest BCUT2D eigenvalue weighted by atomic mass is 32.2. The quantitative estimate of drug-likeness (QED) is 0.763. The zero-order chi connectivity index (χ0) is 18.6. The summed E-state index contributed by atoms with van der Waals surface area (Å²) in [5, 5.41) is 5.54. The second-order valence-electron chi connectivity index (χ2n) is 6.40. The van der Waals surface area contributed by atoms with Crippen molar-refractivity contribution in [3.63, 3.8) is 0 Å². The van der Waals surface area contributed by atoms with Gasteiger partial charge < -0.3 is 15.5 Å². The number of carbonyl (C=O) groups excluding carboxylic acids is 1. The first-order valence-electron chi connectivity index (χ1n) is 8.61. The molecule has 0 unspecified atom stereocenters. The lowest BCUT2D eigenvalue weighted by atomic mass is 10.2. The molecule has 138 valence electrons. The Kier molecular flexibility index (Phi) is 5.46. The van der Waals surface area contributed by atoms with E-state index in [0.29, 0.717) is 12.2 Å². The maximum Gasteiger partial charge on any atom is 0.319 e. The maximum atomic E-state index is 11.9. The van der Waals surface area contributed by atoms with Crippen LogP contribution in [0.5, 0.6) is 0 Å². The van der Waals surface area contributed by atoms with Crippen molar-refractivity contribution in [3.8, 4) is 0 Å². The van der Waals surface area contributed by atoms with E-state index in [9.17, 15) is 13.2 Å². The zero-order valence-corrected chi connectivity index (χ0v) is 15.6. The molecule has 2 amide bonds. The van der Waals surface area contributed by atoms with Crippen LogP contribution < -0.4 is 15.5 Å². The molecular formula is C19H23N3O3S. The fraction of sp³-hybridized carbons (Fsp3) is 0.316. The summed E-state index contributed by atoms with van der Waals surface area (Å²) in [5.41, 5.74) is 3.24.